The van der Waals surface area contributed by atoms with Crippen molar-refractivity contribution in [1.82, 2.24) is 4.57 Å². The first kappa shape index (κ1) is 12.1. The first-order chi connectivity index (χ1) is 7.04. The fourth-order valence-corrected chi connectivity index (χ4v) is 1.40. The van der Waals surface area contributed by atoms with Gasteiger partial charge in [-0.1, -0.05) is 19.8 Å². The van der Waals surface area contributed by atoms with Crippen molar-refractivity contribution in [2.75, 3.05) is 0 Å². The number of unbranched alkanes of at least 4 members (excludes halogenated alkanes) is 3. The number of aryl methyl sites for hydroxylation is 1. The van der Waals surface area contributed by atoms with E-state index in [1.54, 1.807) is 4.57 Å². The molecule has 86 valence electrons. The molecule has 1 rings (SSSR count). The van der Waals surface area contributed by atoms with Crippen molar-refractivity contribution in [3.8, 4) is 0 Å². The van der Waals surface area contributed by atoms with Gasteiger partial charge in [-0.15, -0.1) is 17.7 Å². The second-order valence-corrected chi connectivity index (χ2v) is 3.59. The largest absolute Gasteiger partial charge is 0.567 e. The van der Waals surface area contributed by atoms with Crippen LogP contribution in [0.15, 0.2) is 18.7 Å². The van der Waals surface area contributed by atoms with Crippen molar-refractivity contribution in [3.63, 3.8) is 0 Å². The molecule has 0 fully saturated rings. The molecular formula is C10H16F3N2+. The SMILES string of the molecule is CCCCCC[n+]1ccn(C(F)(F)F)c1. The van der Waals surface area contributed by atoms with E-state index >= 15 is 0 Å². The second kappa shape index (κ2) is 5.19. The highest BCUT2D eigenvalue weighted by Crippen LogP contribution is 2.20. The van der Waals surface area contributed by atoms with Crippen molar-refractivity contribution in [2.45, 2.75) is 45.5 Å². The van der Waals surface area contributed by atoms with Crippen molar-refractivity contribution in [2.24, 2.45) is 0 Å². The van der Waals surface area contributed by atoms with Gasteiger partial charge < -0.3 is 0 Å². The van der Waals surface area contributed by atoms with E-state index in [4.69, 9.17) is 0 Å². The maximum Gasteiger partial charge on any atom is 0.567 e. The van der Waals surface area contributed by atoms with E-state index in [1.165, 1.54) is 6.20 Å². The van der Waals surface area contributed by atoms with Crippen LogP contribution in [0.2, 0.25) is 0 Å². The highest BCUT2D eigenvalue weighted by molar-refractivity contribution is 4.68. The molecule has 0 aliphatic heterocycles. The summed E-state index contributed by atoms with van der Waals surface area (Å²) in [5.74, 6) is 0. The molecule has 0 unspecified atom stereocenters. The van der Waals surface area contributed by atoms with E-state index in [1.807, 2.05) is 0 Å². The number of hydrogen-bond acceptors (Lipinski definition) is 0. The summed E-state index contributed by atoms with van der Waals surface area (Å²) in [6, 6.07) is 0. The van der Waals surface area contributed by atoms with Crippen molar-refractivity contribution < 1.29 is 17.7 Å². The molecule has 0 saturated carbocycles. The molecule has 5 heteroatoms. The summed E-state index contributed by atoms with van der Waals surface area (Å²) in [6.07, 6.45) is 3.57. The number of alkyl halides is 3. The molecule has 0 aliphatic carbocycles. The molecule has 0 radical (unpaired) electrons. The van der Waals surface area contributed by atoms with Crippen LogP contribution >= 0.6 is 0 Å². The molecular weight excluding hydrogens is 205 g/mol. The highest BCUT2D eigenvalue weighted by atomic mass is 19.4. The number of rotatable bonds is 5. The van der Waals surface area contributed by atoms with Crippen molar-refractivity contribution in [1.29, 1.82) is 0 Å². The van der Waals surface area contributed by atoms with Gasteiger partial charge in [-0.05, 0) is 12.8 Å². The van der Waals surface area contributed by atoms with Gasteiger partial charge in [0.15, 0.2) is 0 Å². The van der Waals surface area contributed by atoms with Crippen molar-refractivity contribution >= 4 is 0 Å². The summed E-state index contributed by atoms with van der Waals surface area (Å²) in [5.41, 5.74) is 0. The number of aromatic nitrogens is 2. The van der Waals surface area contributed by atoms with Crippen LogP contribution in [-0.2, 0) is 12.8 Å². The Hall–Kier alpha value is -1.00. The smallest absolute Gasteiger partial charge is 0.237 e. The van der Waals surface area contributed by atoms with Crippen molar-refractivity contribution in [3.05, 3.63) is 18.7 Å². The molecule has 0 bridgehead atoms. The zero-order valence-electron chi connectivity index (χ0n) is 8.80. The third kappa shape index (κ3) is 3.93. The quantitative estimate of drug-likeness (QED) is 0.534. The third-order valence-electron chi connectivity index (χ3n) is 2.25. The summed E-state index contributed by atoms with van der Waals surface area (Å²) in [5, 5.41) is 0. The fourth-order valence-electron chi connectivity index (χ4n) is 1.40. The van der Waals surface area contributed by atoms with Crippen LogP contribution in [0.3, 0.4) is 0 Å². The molecule has 1 aromatic heterocycles. The summed E-state index contributed by atoms with van der Waals surface area (Å²) < 4.78 is 38.4. The standard InChI is InChI=1S/C10H16F3N2/c1-2-3-4-5-6-14-7-8-15(9-14)10(11,12)13/h7-9H,2-6H2,1H3/q+1. The molecule has 0 saturated heterocycles. The van der Waals surface area contributed by atoms with E-state index in [-0.39, 0.29) is 4.57 Å². The Balaban J connectivity index is 2.40. The molecule has 15 heavy (non-hydrogen) atoms. The normalized spacial score (nSPS) is 12.0. The average Bonchev–Trinajstić information content (AvgIpc) is 2.60. The van der Waals surface area contributed by atoms with E-state index in [9.17, 15) is 13.2 Å². The van der Waals surface area contributed by atoms with Gasteiger partial charge in [0.1, 0.15) is 12.4 Å². The minimum absolute atomic E-state index is 0.271. The van der Waals surface area contributed by atoms with Crippen LogP contribution in [0.1, 0.15) is 32.6 Å². The zero-order chi connectivity index (χ0) is 11.3. The van der Waals surface area contributed by atoms with Gasteiger partial charge in [-0.25, -0.2) is 4.57 Å². The summed E-state index contributed by atoms with van der Waals surface area (Å²) in [7, 11) is 0. The van der Waals surface area contributed by atoms with E-state index in [0.29, 0.717) is 6.54 Å². The number of halogens is 3. The first-order valence-electron chi connectivity index (χ1n) is 5.18. The van der Waals surface area contributed by atoms with Gasteiger partial charge in [0, 0.05) is 0 Å². The zero-order valence-corrected chi connectivity index (χ0v) is 8.80. The minimum Gasteiger partial charge on any atom is -0.237 e. The predicted molar refractivity (Wildman–Crippen MR) is 50.1 cm³/mol. The highest BCUT2D eigenvalue weighted by Gasteiger charge is 2.37. The topological polar surface area (TPSA) is 8.81 Å². The van der Waals surface area contributed by atoms with Crippen LogP contribution in [0, 0.1) is 0 Å². The minimum atomic E-state index is -4.30. The Morgan fingerprint density at radius 1 is 1.20 bits per heavy atom. The lowest BCUT2D eigenvalue weighted by molar-refractivity contribution is -0.697. The maximum absolute atomic E-state index is 12.2. The van der Waals surface area contributed by atoms with Gasteiger partial charge in [0.05, 0.1) is 6.54 Å². The predicted octanol–water partition coefficient (Wildman–Crippen LogP) is 2.83. The number of hydrogen-bond donors (Lipinski definition) is 0. The van der Waals surface area contributed by atoms with Gasteiger partial charge in [0.2, 0.25) is 0 Å². The van der Waals surface area contributed by atoms with E-state index < -0.39 is 6.30 Å². The Bertz CT molecular complexity index is 291. The summed E-state index contributed by atoms with van der Waals surface area (Å²) >= 11 is 0. The molecule has 0 aromatic carbocycles. The molecule has 1 aromatic rings. The molecule has 0 atom stereocenters. The summed E-state index contributed by atoms with van der Waals surface area (Å²) in [6.45, 7) is 2.76. The van der Waals surface area contributed by atoms with Crippen LogP contribution in [-0.4, -0.2) is 4.57 Å². The van der Waals surface area contributed by atoms with Gasteiger partial charge >= 0.3 is 6.30 Å². The Morgan fingerprint density at radius 3 is 2.47 bits per heavy atom. The second-order valence-electron chi connectivity index (χ2n) is 3.59. The van der Waals surface area contributed by atoms with E-state index in [2.05, 4.69) is 6.92 Å². The molecule has 1 heterocycles. The van der Waals surface area contributed by atoms with Crippen LogP contribution in [0.5, 0.6) is 0 Å². The Labute approximate surface area is 87.3 Å². The lowest BCUT2D eigenvalue weighted by atomic mass is 10.2. The van der Waals surface area contributed by atoms with Gasteiger partial charge in [-0.2, -0.15) is 0 Å². The lowest BCUT2D eigenvalue weighted by Gasteiger charge is -1.99. The molecule has 0 spiro atoms. The first-order valence-corrected chi connectivity index (χ1v) is 5.18. The van der Waals surface area contributed by atoms with E-state index in [0.717, 1.165) is 38.2 Å². The van der Waals surface area contributed by atoms with Crippen LogP contribution in [0.25, 0.3) is 0 Å². The lowest BCUT2D eigenvalue weighted by Crippen LogP contribution is -2.32. The number of imidazole rings is 1. The Kier molecular flexibility index (Phi) is 4.17. The van der Waals surface area contributed by atoms with Gasteiger partial charge in [0.25, 0.3) is 6.33 Å². The van der Waals surface area contributed by atoms with Gasteiger partial charge in [-0.3, -0.25) is 0 Å². The fraction of sp³-hybridized carbons (Fsp3) is 0.700. The number of nitrogens with zero attached hydrogens (tertiary/aromatic N) is 2. The molecule has 0 amide bonds. The average molecular weight is 221 g/mol. The summed E-state index contributed by atoms with van der Waals surface area (Å²) in [4.78, 5) is 0. The monoisotopic (exact) mass is 221 g/mol. The molecule has 0 aliphatic rings. The third-order valence-corrected chi connectivity index (χ3v) is 2.25. The van der Waals surface area contributed by atoms with Crippen LogP contribution < -0.4 is 4.57 Å². The molecule has 2 nitrogen and oxygen atoms in total. The Morgan fingerprint density at radius 2 is 1.93 bits per heavy atom. The maximum atomic E-state index is 12.2. The van der Waals surface area contributed by atoms with Crippen LogP contribution in [0.4, 0.5) is 13.2 Å². The molecule has 0 N–H and O–H groups in total.